The summed E-state index contributed by atoms with van der Waals surface area (Å²) in [5.41, 5.74) is 5.35. The van der Waals surface area contributed by atoms with Crippen LogP contribution in [0.1, 0.15) is 24.0 Å². The van der Waals surface area contributed by atoms with E-state index in [9.17, 15) is 0 Å². The first-order valence-electron chi connectivity index (χ1n) is 13.7. The third kappa shape index (κ3) is 9.17. The number of fused-ring (bicyclic) bond motifs is 3. The van der Waals surface area contributed by atoms with Gasteiger partial charge in [0.1, 0.15) is 13.1 Å². The van der Waals surface area contributed by atoms with Gasteiger partial charge in [0.25, 0.3) is 0 Å². The first-order valence-corrected chi connectivity index (χ1v) is 13.7. The Balaban J connectivity index is 1.55. The number of likely N-dealkylation sites (N-methyl/N-ethyl adjacent to an activating group) is 2. The Hall–Kier alpha value is -1.80. The van der Waals surface area contributed by atoms with Crippen LogP contribution in [0.3, 0.4) is 0 Å². The van der Waals surface area contributed by atoms with Gasteiger partial charge in [0.2, 0.25) is 0 Å². The van der Waals surface area contributed by atoms with E-state index in [1.165, 1.54) is 22.3 Å². The molecule has 37 heavy (non-hydrogen) atoms. The highest BCUT2D eigenvalue weighted by atomic mass is 16.5. The molecule has 6 heteroatoms. The topological polar surface area (TPSA) is 36.9 Å². The summed E-state index contributed by atoms with van der Waals surface area (Å²) in [6, 6.07) is 17.7. The second-order valence-electron chi connectivity index (χ2n) is 12.2. The predicted octanol–water partition coefficient (Wildman–Crippen LogP) is 4.21. The second-order valence-corrected chi connectivity index (χ2v) is 12.2. The van der Waals surface area contributed by atoms with Crippen LogP contribution < -0.4 is 0 Å². The second kappa shape index (κ2) is 13.8. The van der Waals surface area contributed by atoms with E-state index in [-0.39, 0.29) is 5.41 Å². The van der Waals surface area contributed by atoms with E-state index < -0.39 is 0 Å². The molecule has 0 aromatic heterocycles. The first kappa shape index (κ1) is 29.8. The lowest BCUT2D eigenvalue weighted by Gasteiger charge is -2.32. The van der Waals surface area contributed by atoms with Crippen LogP contribution in [0.4, 0.5) is 0 Å². The SMILES string of the molecule is C[N+](C)(C)CCOCCOCCC1(CCOCCOCC[N+](C)(C)C)c2ccccc2-c2ccccc21. The molecule has 1 aliphatic rings. The molecular weight excluding hydrogens is 464 g/mol. The summed E-state index contributed by atoms with van der Waals surface area (Å²) in [5.74, 6) is 0. The van der Waals surface area contributed by atoms with Gasteiger partial charge in [0.15, 0.2) is 0 Å². The van der Waals surface area contributed by atoms with Crippen LogP contribution in [0.5, 0.6) is 0 Å². The quantitative estimate of drug-likeness (QED) is 0.221. The maximum absolute atomic E-state index is 6.09. The number of benzene rings is 2. The molecule has 0 saturated heterocycles. The van der Waals surface area contributed by atoms with Crippen molar-refractivity contribution < 1.29 is 27.9 Å². The molecule has 0 spiro atoms. The zero-order valence-corrected chi connectivity index (χ0v) is 24.1. The maximum atomic E-state index is 6.09. The van der Waals surface area contributed by atoms with E-state index in [1.54, 1.807) is 0 Å². The van der Waals surface area contributed by atoms with E-state index in [1.807, 2.05) is 0 Å². The number of quaternary nitrogens is 2. The fourth-order valence-corrected chi connectivity index (χ4v) is 4.89. The highest BCUT2D eigenvalue weighted by Gasteiger charge is 2.42. The molecule has 0 aliphatic heterocycles. The zero-order chi connectivity index (χ0) is 26.8. The molecule has 6 nitrogen and oxygen atoms in total. The molecule has 0 saturated carbocycles. The van der Waals surface area contributed by atoms with Crippen LogP contribution in [0.2, 0.25) is 0 Å². The van der Waals surface area contributed by atoms with Gasteiger partial charge in [-0.05, 0) is 35.1 Å². The summed E-state index contributed by atoms with van der Waals surface area (Å²) in [6.45, 7) is 7.41. The lowest BCUT2D eigenvalue weighted by molar-refractivity contribution is -0.870. The Kier molecular flexibility index (Phi) is 11.1. The van der Waals surface area contributed by atoms with E-state index in [0.29, 0.717) is 39.6 Å². The van der Waals surface area contributed by atoms with Crippen molar-refractivity contribution in [2.24, 2.45) is 0 Å². The van der Waals surface area contributed by atoms with Crippen LogP contribution in [-0.2, 0) is 24.4 Å². The summed E-state index contributed by atoms with van der Waals surface area (Å²) in [7, 11) is 13.1. The smallest absolute Gasteiger partial charge is 0.102 e. The number of ether oxygens (including phenoxy) is 4. The van der Waals surface area contributed by atoms with Gasteiger partial charge in [0, 0.05) is 18.6 Å². The van der Waals surface area contributed by atoms with E-state index in [0.717, 1.165) is 48.1 Å². The minimum Gasteiger partial charge on any atom is -0.379 e. The number of hydrogen-bond donors (Lipinski definition) is 0. The van der Waals surface area contributed by atoms with Gasteiger partial charge in [-0.25, -0.2) is 0 Å². The fourth-order valence-electron chi connectivity index (χ4n) is 4.89. The van der Waals surface area contributed by atoms with Crippen molar-refractivity contribution in [2.75, 3.05) is 108 Å². The predicted molar refractivity (Wildman–Crippen MR) is 151 cm³/mol. The number of rotatable bonds is 18. The van der Waals surface area contributed by atoms with Gasteiger partial charge in [-0.2, -0.15) is 0 Å². The van der Waals surface area contributed by atoms with Crippen LogP contribution in [-0.4, -0.2) is 117 Å². The molecular formula is C31H50N2O4+2. The van der Waals surface area contributed by atoms with Crippen LogP contribution in [0.25, 0.3) is 11.1 Å². The molecule has 1 aliphatic carbocycles. The largest absolute Gasteiger partial charge is 0.379 e. The van der Waals surface area contributed by atoms with Gasteiger partial charge in [-0.1, -0.05) is 48.5 Å². The van der Waals surface area contributed by atoms with Crippen LogP contribution in [0, 0.1) is 0 Å². The molecule has 0 atom stereocenters. The monoisotopic (exact) mass is 514 g/mol. The van der Waals surface area contributed by atoms with Gasteiger partial charge in [0.05, 0.1) is 81.9 Å². The van der Waals surface area contributed by atoms with Crippen molar-refractivity contribution in [1.82, 2.24) is 0 Å². The van der Waals surface area contributed by atoms with Crippen molar-refractivity contribution in [3.8, 4) is 11.1 Å². The Morgan fingerprint density at radius 3 is 1.22 bits per heavy atom. The molecule has 0 amide bonds. The van der Waals surface area contributed by atoms with Crippen molar-refractivity contribution in [1.29, 1.82) is 0 Å². The average molecular weight is 515 g/mol. The summed E-state index contributed by atoms with van der Waals surface area (Å²) < 4.78 is 25.6. The molecule has 2 aromatic carbocycles. The number of nitrogens with zero attached hydrogens (tertiary/aromatic N) is 2. The summed E-state index contributed by atoms with van der Waals surface area (Å²) >= 11 is 0. The van der Waals surface area contributed by atoms with Crippen molar-refractivity contribution >= 4 is 0 Å². The van der Waals surface area contributed by atoms with Gasteiger partial charge in [-0.15, -0.1) is 0 Å². The molecule has 0 radical (unpaired) electrons. The standard InChI is InChI=1S/C31H50N2O4/c1-32(2,3)17-21-36-25-23-34-19-15-31(16-20-35-24-26-37-22-18-33(4,5)6)29-13-9-7-11-27(29)28-12-8-10-14-30(28)31/h7-14H,15-26H2,1-6H3/q+2. The fraction of sp³-hybridized carbons (Fsp3) is 0.613. The minimum atomic E-state index is -0.109. The minimum absolute atomic E-state index is 0.109. The first-order chi connectivity index (χ1) is 17.6. The Morgan fingerprint density at radius 1 is 0.486 bits per heavy atom. The normalized spacial score (nSPS) is 14.5. The third-order valence-corrected chi connectivity index (χ3v) is 7.08. The van der Waals surface area contributed by atoms with Crippen LogP contribution in [0.15, 0.2) is 48.5 Å². The molecule has 0 unspecified atom stereocenters. The Morgan fingerprint density at radius 2 is 0.838 bits per heavy atom. The highest BCUT2D eigenvalue weighted by Crippen LogP contribution is 2.52. The van der Waals surface area contributed by atoms with Crippen molar-refractivity contribution in [2.45, 2.75) is 18.3 Å². The van der Waals surface area contributed by atoms with Gasteiger partial charge < -0.3 is 27.9 Å². The molecule has 3 rings (SSSR count). The Labute approximate surface area is 225 Å². The van der Waals surface area contributed by atoms with Crippen molar-refractivity contribution in [3.05, 3.63) is 59.7 Å². The van der Waals surface area contributed by atoms with Crippen LogP contribution >= 0.6 is 0 Å². The molecule has 0 bridgehead atoms. The van der Waals surface area contributed by atoms with Gasteiger partial charge in [-0.3, -0.25) is 0 Å². The van der Waals surface area contributed by atoms with Gasteiger partial charge >= 0.3 is 0 Å². The summed E-state index contributed by atoms with van der Waals surface area (Å²) in [6.07, 6.45) is 1.84. The highest BCUT2D eigenvalue weighted by molar-refractivity contribution is 5.80. The molecule has 0 N–H and O–H groups in total. The third-order valence-electron chi connectivity index (χ3n) is 7.08. The lowest BCUT2D eigenvalue weighted by atomic mass is 9.73. The Bertz CT molecular complexity index is 871. The average Bonchev–Trinajstić information content (AvgIpc) is 3.11. The summed E-state index contributed by atoms with van der Waals surface area (Å²) in [4.78, 5) is 0. The van der Waals surface area contributed by atoms with E-state index in [2.05, 4.69) is 90.8 Å². The molecule has 206 valence electrons. The van der Waals surface area contributed by atoms with E-state index in [4.69, 9.17) is 18.9 Å². The summed E-state index contributed by atoms with van der Waals surface area (Å²) in [5, 5.41) is 0. The van der Waals surface area contributed by atoms with E-state index >= 15 is 0 Å². The van der Waals surface area contributed by atoms with Crippen molar-refractivity contribution in [3.63, 3.8) is 0 Å². The molecule has 2 aromatic rings. The maximum Gasteiger partial charge on any atom is 0.102 e. The molecule has 0 heterocycles. The lowest BCUT2D eigenvalue weighted by Crippen LogP contribution is -2.37. The zero-order valence-electron chi connectivity index (χ0n) is 24.1. The number of hydrogen-bond acceptors (Lipinski definition) is 4. The molecule has 0 fully saturated rings.